The molecule has 8 aromatic carbocycles. The third-order valence-corrected chi connectivity index (χ3v) is 13.0. The molecule has 1 aliphatic carbocycles. The molecular weight excluding hydrogens is 705 g/mol. The molecule has 2 heterocycles. The van der Waals surface area contributed by atoms with E-state index < -0.39 is 0 Å². The number of nitrogens with zero attached hydrogens (tertiary/aromatic N) is 2. The molecule has 0 aromatic heterocycles. The van der Waals surface area contributed by atoms with Crippen LogP contribution in [0.2, 0.25) is 0 Å². The van der Waals surface area contributed by atoms with Gasteiger partial charge in [0.25, 0.3) is 0 Å². The standard InChI is InChI=1S/C55H44N2O/c1-35-15-13-23-50-52(35)57-49-33-38(27-32-45(49)55(4,5)46-21-14-24-51(58-50)53(46)57)36-25-28-39(29-26-36)56(48-22-12-10-18-41(48)37-16-7-6-8-17-37)40-30-31-43-42-19-9-11-20-44(42)54(2,3)47(43)34-40/h6-34H,1-5H3. The molecule has 0 spiro atoms. The van der Waals surface area contributed by atoms with E-state index in [9.17, 15) is 0 Å². The van der Waals surface area contributed by atoms with Crippen LogP contribution in [0.15, 0.2) is 176 Å². The molecule has 0 amide bonds. The molecule has 0 fully saturated rings. The van der Waals surface area contributed by atoms with E-state index >= 15 is 0 Å². The highest BCUT2D eigenvalue weighted by atomic mass is 16.5. The second-order valence-electron chi connectivity index (χ2n) is 17.0. The minimum Gasteiger partial charge on any atom is -0.453 e. The van der Waals surface area contributed by atoms with Gasteiger partial charge in [0.1, 0.15) is 0 Å². The Labute approximate surface area is 341 Å². The molecule has 3 nitrogen and oxygen atoms in total. The molecule has 2 aliphatic heterocycles. The lowest BCUT2D eigenvalue weighted by atomic mass is 9.72. The number of benzene rings is 8. The lowest BCUT2D eigenvalue weighted by Crippen LogP contribution is -2.32. The Hall–Kier alpha value is -6.84. The molecule has 3 heteroatoms. The summed E-state index contributed by atoms with van der Waals surface area (Å²) in [4.78, 5) is 4.89. The third-order valence-electron chi connectivity index (χ3n) is 13.0. The van der Waals surface area contributed by atoms with Crippen molar-refractivity contribution in [3.05, 3.63) is 204 Å². The van der Waals surface area contributed by atoms with Gasteiger partial charge in [0.05, 0.1) is 22.7 Å². The van der Waals surface area contributed by atoms with Crippen LogP contribution in [0, 0.1) is 6.92 Å². The number of aryl methyl sites for hydroxylation is 1. The Bertz CT molecular complexity index is 2940. The Kier molecular flexibility index (Phi) is 7.46. The number of hydrogen-bond donors (Lipinski definition) is 0. The topological polar surface area (TPSA) is 15.7 Å². The zero-order valence-corrected chi connectivity index (χ0v) is 33.5. The monoisotopic (exact) mass is 748 g/mol. The van der Waals surface area contributed by atoms with Crippen LogP contribution in [0.25, 0.3) is 33.4 Å². The molecule has 280 valence electrons. The first kappa shape index (κ1) is 34.4. The Morgan fingerprint density at radius 3 is 1.86 bits per heavy atom. The van der Waals surface area contributed by atoms with Crippen LogP contribution in [0.5, 0.6) is 11.5 Å². The summed E-state index contributed by atoms with van der Waals surface area (Å²) in [6, 6.07) is 64.4. The first-order chi connectivity index (χ1) is 28.2. The lowest BCUT2D eigenvalue weighted by molar-refractivity contribution is 0.471. The van der Waals surface area contributed by atoms with E-state index in [1.165, 1.54) is 66.9 Å². The highest BCUT2D eigenvalue weighted by Crippen LogP contribution is 2.61. The van der Waals surface area contributed by atoms with Gasteiger partial charge in [-0.1, -0.05) is 155 Å². The van der Waals surface area contributed by atoms with Gasteiger partial charge in [-0.25, -0.2) is 0 Å². The minimum atomic E-state index is -0.207. The van der Waals surface area contributed by atoms with Crippen LogP contribution >= 0.6 is 0 Å². The zero-order valence-electron chi connectivity index (χ0n) is 33.5. The third kappa shape index (κ3) is 4.99. The summed E-state index contributed by atoms with van der Waals surface area (Å²) >= 11 is 0. The molecule has 0 bridgehead atoms. The van der Waals surface area contributed by atoms with Crippen molar-refractivity contribution in [2.24, 2.45) is 0 Å². The highest BCUT2D eigenvalue weighted by molar-refractivity contribution is 5.96. The van der Waals surface area contributed by atoms with E-state index in [1.807, 2.05) is 0 Å². The van der Waals surface area contributed by atoms with Gasteiger partial charge < -0.3 is 14.5 Å². The van der Waals surface area contributed by atoms with Gasteiger partial charge in [-0.05, 0) is 111 Å². The van der Waals surface area contributed by atoms with Crippen LogP contribution in [0.1, 0.15) is 55.5 Å². The van der Waals surface area contributed by atoms with Crippen molar-refractivity contribution < 1.29 is 4.74 Å². The summed E-state index contributed by atoms with van der Waals surface area (Å²) in [6.07, 6.45) is 0. The van der Waals surface area contributed by atoms with E-state index in [0.29, 0.717) is 0 Å². The minimum absolute atomic E-state index is 0.113. The summed E-state index contributed by atoms with van der Waals surface area (Å²) in [5, 5.41) is 0. The summed E-state index contributed by atoms with van der Waals surface area (Å²) in [5.41, 5.74) is 20.4. The van der Waals surface area contributed by atoms with E-state index in [4.69, 9.17) is 4.74 Å². The number of fused-ring (bicyclic) bond motifs is 7. The van der Waals surface area contributed by atoms with E-state index in [0.717, 1.165) is 39.9 Å². The van der Waals surface area contributed by atoms with Crippen molar-refractivity contribution in [3.63, 3.8) is 0 Å². The maximum atomic E-state index is 6.58. The molecule has 0 saturated heterocycles. The van der Waals surface area contributed by atoms with E-state index in [-0.39, 0.29) is 10.8 Å². The second-order valence-corrected chi connectivity index (χ2v) is 17.0. The molecule has 11 rings (SSSR count). The fraction of sp³-hybridized carbons (Fsp3) is 0.127. The first-order valence-corrected chi connectivity index (χ1v) is 20.4. The van der Waals surface area contributed by atoms with Crippen molar-refractivity contribution in [1.29, 1.82) is 0 Å². The van der Waals surface area contributed by atoms with Gasteiger partial charge in [0.2, 0.25) is 0 Å². The number of hydrogen-bond acceptors (Lipinski definition) is 3. The first-order valence-electron chi connectivity index (χ1n) is 20.4. The van der Waals surface area contributed by atoms with Crippen LogP contribution in [0.3, 0.4) is 0 Å². The SMILES string of the molecule is Cc1cccc2c1N1c3cc(-c4ccc(N(c5ccc6c(c5)C(C)(C)c5ccccc5-6)c5ccccc5-c5ccccc5)cc4)ccc3C(C)(C)c3cccc(c31)O2. The van der Waals surface area contributed by atoms with Crippen molar-refractivity contribution in [2.45, 2.75) is 45.4 Å². The fourth-order valence-corrected chi connectivity index (χ4v) is 9.97. The molecule has 0 radical (unpaired) electrons. The maximum Gasteiger partial charge on any atom is 0.151 e. The quantitative estimate of drug-likeness (QED) is 0.174. The van der Waals surface area contributed by atoms with Crippen molar-refractivity contribution in [3.8, 4) is 44.9 Å². The van der Waals surface area contributed by atoms with Gasteiger partial charge in [-0.3, -0.25) is 0 Å². The smallest absolute Gasteiger partial charge is 0.151 e. The van der Waals surface area contributed by atoms with Crippen molar-refractivity contribution in [1.82, 2.24) is 0 Å². The normalized spacial score (nSPS) is 14.7. The predicted molar refractivity (Wildman–Crippen MR) is 241 cm³/mol. The average Bonchev–Trinajstić information content (AvgIpc) is 3.48. The number of para-hydroxylation sites is 3. The van der Waals surface area contributed by atoms with Gasteiger partial charge in [-0.2, -0.15) is 0 Å². The molecule has 0 atom stereocenters. The fourth-order valence-electron chi connectivity index (χ4n) is 9.97. The van der Waals surface area contributed by atoms with E-state index in [2.05, 4.69) is 220 Å². The van der Waals surface area contributed by atoms with Crippen LogP contribution < -0.4 is 14.5 Å². The summed E-state index contributed by atoms with van der Waals surface area (Å²) < 4.78 is 6.58. The van der Waals surface area contributed by atoms with Crippen molar-refractivity contribution in [2.75, 3.05) is 9.80 Å². The predicted octanol–water partition coefficient (Wildman–Crippen LogP) is 15.3. The summed E-state index contributed by atoms with van der Waals surface area (Å²) in [7, 11) is 0. The summed E-state index contributed by atoms with van der Waals surface area (Å²) in [6.45, 7) is 11.6. The Balaban J connectivity index is 1.05. The van der Waals surface area contributed by atoms with Crippen LogP contribution in [-0.4, -0.2) is 0 Å². The zero-order chi connectivity index (χ0) is 39.3. The molecule has 0 saturated carbocycles. The Morgan fingerprint density at radius 2 is 1.05 bits per heavy atom. The molecule has 0 N–H and O–H groups in total. The Morgan fingerprint density at radius 1 is 0.431 bits per heavy atom. The van der Waals surface area contributed by atoms with E-state index in [1.54, 1.807) is 0 Å². The molecular formula is C55H44N2O. The van der Waals surface area contributed by atoms with Crippen molar-refractivity contribution >= 4 is 34.1 Å². The maximum absolute atomic E-state index is 6.58. The van der Waals surface area contributed by atoms with Gasteiger partial charge >= 0.3 is 0 Å². The number of ether oxygens (including phenoxy) is 1. The largest absolute Gasteiger partial charge is 0.453 e. The summed E-state index contributed by atoms with van der Waals surface area (Å²) in [5.74, 6) is 1.79. The number of rotatable bonds is 5. The molecule has 58 heavy (non-hydrogen) atoms. The van der Waals surface area contributed by atoms with Gasteiger partial charge in [0.15, 0.2) is 11.5 Å². The highest BCUT2D eigenvalue weighted by Gasteiger charge is 2.42. The van der Waals surface area contributed by atoms with Gasteiger partial charge in [0, 0.05) is 27.8 Å². The van der Waals surface area contributed by atoms with Crippen LogP contribution in [0.4, 0.5) is 34.1 Å². The molecule has 3 aliphatic rings. The molecule has 8 aromatic rings. The number of anilines is 6. The van der Waals surface area contributed by atoms with Crippen LogP contribution in [-0.2, 0) is 10.8 Å². The molecule has 0 unspecified atom stereocenters. The average molecular weight is 749 g/mol. The second kappa shape index (κ2) is 12.6. The lowest BCUT2D eigenvalue weighted by Gasteiger charge is -2.45. The van der Waals surface area contributed by atoms with Gasteiger partial charge in [-0.15, -0.1) is 0 Å².